The molecule has 0 atom stereocenters. The summed E-state index contributed by atoms with van der Waals surface area (Å²) in [6.45, 7) is 0.710. The maximum absolute atomic E-state index is 13.6. The largest absolute Gasteiger partial charge is 0.436 e. The van der Waals surface area contributed by atoms with Crippen LogP contribution in [0.25, 0.3) is 0 Å². The fourth-order valence-corrected chi connectivity index (χ4v) is 1.82. The summed E-state index contributed by atoms with van der Waals surface area (Å²) in [6.07, 6.45) is 1.64. The highest BCUT2D eigenvalue weighted by molar-refractivity contribution is 9.10. The van der Waals surface area contributed by atoms with Gasteiger partial charge in [-0.05, 0) is 36.9 Å². The fourth-order valence-electron chi connectivity index (χ4n) is 1.49. The number of hydrogen-bond donors (Lipinski definition) is 1. The van der Waals surface area contributed by atoms with E-state index in [4.69, 9.17) is 4.74 Å². The highest BCUT2D eigenvalue weighted by Gasteiger charge is 2.06. The second-order valence-electron chi connectivity index (χ2n) is 3.71. The van der Waals surface area contributed by atoms with Crippen LogP contribution in [0.1, 0.15) is 5.56 Å². The molecule has 0 amide bonds. The fraction of sp³-hybridized carbons (Fsp3) is 0.154. The number of rotatable bonds is 4. The van der Waals surface area contributed by atoms with Crippen LogP contribution < -0.4 is 10.1 Å². The Morgan fingerprint density at radius 1 is 1.33 bits per heavy atom. The van der Waals surface area contributed by atoms with Gasteiger partial charge in [0.2, 0.25) is 5.88 Å². The Morgan fingerprint density at radius 2 is 2.17 bits per heavy atom. The Hall–Kier alpha value is -1.46. The standard InChI is InChI=1S/C13H12BrFN2O/c1-16-8-9-4-5-17-13(6-9)18-12-3-2-10(14)7-11(12)15/h2-7,16H,8H2,1H3. The first-order chi connectivity index (χ1) is 8.69. The third-order valence-electron chi connectivity index (χ3n) is 2.29. The Bertz CT molecular complexity index is 548. The van der Waals surface area contributed by atoms with Crippen LogP contribution in [-0.2, 0) is 6.54 Å². The zero-order chi connectivity index (χ0) is 13.0. The van der Waals surface area contributed by atoms with E-state index in [1.54, 1.807) is 24.4 Å². The van der Waals surface area contributed by atoms with Crippen molar-refractivity contribution < 1.29 is 9.13 Å². The van der Waals surface area contributed by atoms with Crippen molar-refractivity contribution >= 4 is 15.9 Å². The van der Waals surface area contributed by atoms with E-state index in [-0.39, 0.29) is 5.75 Å². The van der Waals surface area contributed by atoms with Crippen molar-refractivity contribution in [2.75, 3.05) is 7.05 Å². The smallest absolute Gasteiger partial charge is 0.219 e. The molecule has 0 unspecified atom stereocenters. The number of ether oxygens (including phenoxy) is 1. The first kappa shape index (κ1) is 13.0. The molecule has 0 aliphatic rings. The SMILES string of the molecule is CNCc1ccnc(Oc2ccc(Br)cc2F)c1. The van der Waals surface area contributed by atoms with Gasteiger partial charge in [0, 0.05) is 23.3 Å². The van der Waals surface area contributed by atoms with E-state index in [1.165, 1.54) is 6.07 Å². The lowest BCUT2D eigenvalue weighted by atomic mass is 10.2. The zero-order valence-electron chi connectivity index (χ0n) is 9.78. The summed E-state index contributed by atoms with van der Waals surface area (Å²) in [4.78, 5) is 4.05. The maximum atomic E-state index is 13.6. The van der Waals surface area contributed by atoms with Gasteiger partial charge in [-0.2, -0.15) is 0 Å². The molecule has 1 aromatic carbocycles. The van der Waals surface area contributed by atoms with E-state index in [1.807, 2.05) is 13.1 Å². The van der Waals surface area contributed by atoms with Gasteiger partial charge in [-0.3, -0.25) is 0 Å². The van der Waals surface area contributed by atoms with Crippen LogP contribution in [0.5, 0.6) is 11.6 Å². The molecule has 18 heavy (non-hydrogen) atoms. The average molecular weight is 311 g/mol. The number of nitrogens with one attached hydrogen (secondary N) is 1. The van der Waals surface area contributed by atoms with E-state index in [0.29, 0.717) is 16.9 Å². The number of benzene rings is 1. The molecule has 2 aromatic rings. The van der Waals surface area contributed by atoms with E-state index in [9.17, 15) is 4.39 Å². The summed E-state index contributed by atoms with van der Waals surface area (Å²) in [5.74, 6) is 0.112. The summed E-state index contributed by atoms with van der Waals surface area (Å²) >= 11 is 3.19. The summed E-state index contributed by atoms with van der Waals surface area (Å²) < 4.78 is 19.7. The van der Waals surface area contributed by atoms with Crippen LogP contribution in [0.4, 0.5) is 4.39 Å². The quantitative estimate of drug-likeness (QED) is 0.938. The molecule has 0 bridgehead atoms. The minimum atomic E-state index is -0.426. The lowest BCUT2D eigenvalue weighted by molar-refractivity contribution is 0.426. The summed E-state index contributed by atoms with van der Waals surface area (Å²) in [5, 5.41) is 3.03. The molecule has 0 aliphatic heterocycles. The van der Waals surface area contributed by atoms with Crippen molar-refractivity contribution in [2.45, 2.75) is 6.54 Å². The van der Waals surface area contributed by atoms with Gasteiger partial charge in [0.1, 0.15) is 0 Å². The highest BCUT2D eigenvalue weighted by Crippen LogP contribution is 2.25. The monoisotopic (exact) mass is 310 g/mol. The Labute approximate surface area is 113 Å². The van der Waals surface area contributed by atoms with Crippen molar-refractivity contribution in [1.82, 2.24) is 10.3 Å². The lowest BCUT2D eigenvalue weighted by Gasteiger charge is -2.07. The van der Waals surface area contributed by atoms with Crippen molar-refractivity contribution in [1.29, 1.82) is 0 Å². The number of halogens is 2. The molecule has 0 aliphatic carbocycles. The van der Waals surface area contributed by atoms with Gasteiger partial charge in [0.25, 0.3) is 0 Å². The Kier molecular flexibility index (Phi) is 4.28. The van der Waals surface area contributed by atoms with Gasteiger partial charge in [0.15, 0.2) is 11.6 Å². The number of aromatic nitrogens is 1. The van der Waals surface area contributed by atoms with Gasteiger partial charge in [-0.25, -0.2) is 9.37 Å². The normalized spacial score (nSPS) is 10.4. The third-order valence-corrected chi connectivity index (χ3v) is 2.78. The molecular weight excluding hydrogens is 299 g/mol. The molecule has 0 spiro atoms. The van der Waals surface area contributed by atoms with E-state index < -0.39 is 5.82 Å². The minimum Gasteiger partial charge on any atom is -0.436 e. The summed E-state index contributed by atoms with van der Waals surface area (Å²) in [6, 6.07) is 8.29. The van der Waals surface area contributed by atoms with Crippen LogP contribution in [0.15, 0.2) is 41.0 Å². The van der Waals surface area contributed by atoms with Crippen molar-refractivity contribution in [3.63, 3.8) is 0 Å². The second-order valence-corrected chi connectivity index (χ2v) is 4.63. The molecular formula is C13H12BrFN2O. The van der Waals surface area contributed by atoms with Crippen molar-refractivity contribution in [2.24, 2.45) is 0 Å². The molecule has 94 valence electrons. The Morgan fingerprint density at radius 3 is 2.89 bits per heavy atom. The predicted octanol–water partition coefficient (Wildman–Crippen LogP) is 3.49. The van der Waals surface area contributed by atoms with Gasteiger partial charge >= 0.3 is 0 Å². The first-order valence-electron chi connectivity index (χ1n) is 5.41. The van der Waals surface area contributed by atoms with Gasteiger partial charge in [-0.1, -0.05) is 15.9 Å². The maximum Gasteiger partial charge on any atom is 0.219 e. The Balaban J connectivity index is 2.20. The zero-order valence-corrected chi connectivity index (χ0v) is 11.4. The highest BCUT2D eigenvalue weighted by atomic mass is 79.9. The molecule has 1 heterocycles. The topological polar surface area (TPSA) is 34.2 Å². The molecule has 1 aromatic heterocycles. The lowest BCUT2D eigenvalue weighted by Crippen LogP contribution is -2.05. The van der Waals surface area contributed by atoms with Gasteiger partial charge in [-0.15, -0.1) is 0 Å². The molecule has 0 fully saturated rings. The molecule has 3 nitrogen and oxygen atoms in total. The number of nitrogens with zero attached hydrogens (tertiary/aromatic N) is 1. The molecule has 1 N–H and O–H groups in total. The minimum absolute atomic E-state index is 0.160. The summed E-state index contributed by atoms with van der Waals surface area (Å²) in [5.41, 5.74) is 1.03. The van der Waals surface area contributed by atoms with Crippen LogP contribution in [0.3, 0.4) is 0 Å². The van der Waals surface area contributed by atoms with Crippen LogP contribution >= 0.6 is 15.9 Å². The van der Waals surface area contributed by atoms with Crippen molar-refractivity contribution in [3.8, 4) is 11.6 Å². The van der Waals surface area contributed by atoms with E-state index in [0.717, 1.165) is 5.56 Å². The van der Waals surface area contributed by atoms with Gasteiger partial charge in [0.05, 0.1) is 0 Å². The van der Waals surface area contributed by atoms with E-state index >= 15 is 0 Å². The number of pyridine rings is 1. The number of hydrogen-bond acceptors (Lipinski definition) is 3. The second kappa shape index (κ2) is 5.93. The molecule has 0 saturated heterocycles. The van der Waals surface area contributed by atoms with Crippen LogP contribution in [0, 0.1) is 5.82 Å². The van der Waals surface area contributed by atoms with Crippen molar-refractivity contribution in [3.05, 3.63) is 52.4 Å². The average Bonchev–Trinajstić information content (AvgIpc) is 2.34. The van der Waals surface area contributed by atoms with Gasteiger partial charge < -0.3 is 10.1 Å². The molecule has 0 radical (unpaired) electrons. The predicted molar refractivity (Wildman–Crippen MR) is 71.2 cm³/mol. The van der Waals surface area contributed by atoms with Crippen LogP contribution in [-0.4, -0.2) is 12.0 Å². The molecule has 0 saturated carbocycles. The third kappa shape index (κ3) is 3.27. The molecule has 5 heteroatoms. The van der Waals surface area contributed by atoms with E-state index in [2.05, 4.69) is 26.2 Å². The van der Waals surface area contributed by atoms with Crippen LogP contribution in [0.2, 0.25) is 0 Å². The summed E-state index contributed by atoms with van der Waals surface area (Å²) in [7, 11) is 1.86. The first-order valence-corrected chi connectivity index (χ1v) is 6.21. The molecule has 2 rings (SSSR count).